The second-order valence-corrected chi connectivity index (χ2v) is 6.33. The van der Waals surface area contributed by atoms with E-state index in [0.717, 1.165) is 27.9 Å². The van der Waals surface area contributed by atoms with Crippen LogP contribution in [-0.2, 0) is 27.5 Å². The molecule has 0 aliphatic carbocycles. The highest BCUT2D eigenvalue weighted by Crippen LogP contribution is 2.32. The molecule has 2 aromatic carbocycles. The van der Waals surface area contributed by atoms with E-state index in [1.807, 2.05) is 30.9 Å². The van der Waals surface area contributed by atoms with E-state index in [0.29, 0.717) is 13.2 Å². The molecule has 24 heavy (non-hydrogen) atoms. The molecule has 126 valence electrons. The Balaban J connectivity index is 2.05. The molecule has 1 heterocycles. The molecule has 4 nitrogen and oxygen atoms in total. The fourth-order valence-electron chi connectivity index (χ4n) is 3.12. The van der Waals surface area contributed by atoms with Crippen LogP contribution in [0.4, 0.5) is 5.69 Å². The maximum atomic E-state index is 12.4. The Morgan fingerprint density at radius 2 is 1.92 bits per heavy atom. The average molecular weight is 325 g/mol. The Hall–Kier alpha value is -2.17. The number of hydrogen-bond donors (Lipinski definition) is 0. The number of amides is 1. The smallest absolute Gasteiger partial charge is 0.253 e. The molecule has 3 rings (SSSR count). The summed E-state index contributed by atoms with van der Waals surface area (Å²) in [6.07, 6.45) is 0. The van der Waals surface area contributed by atoms with E-state index in [2.05, 4.69) is 30.3 Å². The second-order valence-electron chi connectivity index (χ2n) is 6.33. The fraction of sp³-hybridized carbons (Fsp3) is 0.350. The number of benzene rings is 2. The Kier molecular flexibility index (Phi) is 4.97. The van der Waals surface area contributed by atoms with Crippen molar-refractivity contribution in [3.63, 3.8) is 0 Å². The van der Waals surface area contributed by atoms with Crippen LogP contribution in [-0.4, -0.2) is 25.7 Å². The number of methoxy groups -OCH3 is 1. The standard InChI is InChI=1S/C20H23NO3/c1-14(2)21-19-10-17(7-8-18(19)12-24-13-20(21)22)16-6-4-5-15(9-16)11-23-3/h4-10,14H,11-13H2,1-3H3. The van der Waals surface area contributed by atoms with E-state index in [1.165, 1.54) is 0 Å². The van der Waals surface area contributed by atoms with Gasteiger partial charge in [-0.15, -0.1) is 0 Å². The number of carbonyl (C=O) groups is 1. The molecule has 0 radical (unpaired) electrons. The van der Waals surface area contributed by atoms with Gasteiger partial charge >= 0.3 is 0 Å². The second kappa shape index (κ2) is 7.16. The summed E-state index contributed by atoms with van der Waals surface area (Å²) < 4.78 is 10.7. The zero-order valence-electron chi connectivity index (χ0n) is 14.4. The molecule has 0 atom stereocenters. The zero-order valence-corrected chi connectivity index (χ0v) is 14.4. The molecule has 1 amide bonds. The molecule has 0 aromatic heterocycles. The lowest BCUT2D eigenvalue weighted by molar-refractivity contribution is -0.123. The molecular weight excluding hydrogens is 302 g/mol. The van der Waals surface area contributed by atoms with Gasteiger partial charge in [-0.25, -0.2) is 0 Å². The van der Waals surface area contributed by atoms with E-state index < -0.39 is 0 Å². The van der Waals surface area contributed by atoms with Crippen molar-refractivity contribution in [2.75, 3.05) is 18.6 Å². The van der Waals surface area contributed by atoms with E-state index in [4.69, 9.17) is 9.47 Å². The third-order valence-electron chi connectivity index (χ3n) is 4.18. The summed E-state index contributed by atoms with van der Waals surface area (Å²) in [5.74, 6) is 0.00836. The van der Waals surface area contributed by atoms with Gasteiger partial charge in [-0.3, -0.25) is 4.79 Å². The largest absolute Gasteiger partial charge is 0.380 e. The number of nitrogens with zero attached hydrogens (tertiary/aromatic N) is 1. The number of fused-ring (bicyclic) bond motifs is 1. The predicted octanol–water partition coefficient (Wildman–Crippen LogP) is 3.77. The van der Waals surface area contributed by atoms with Gasteiger partial charge in [0.15, 0.2) is 0 Å². The van der Waals surface area contributed by atoms with Crippen molar-refractivity contribution in [3.8, 4) is 11.1 Å². The van der Waals surface area contributed by atoms with Crippen molar-refractivity contribution in [1.29, 1.82) is 0 Å². The van der Waals surface area contributed by atoms with Crippen molar-refractivity contribution in [3.05, 3.63) is 53.6 Å². The van der Waals surface area contributed by atoms with Crippen LogP contribution in [0.1, 0.15) is 25.0 Å². The third-order valence-corrected chi connectivity index (χ3v) is 4.18. The molecule has 0 fully saturated rings. The quantitative estimate of drug-likeness (QED) is 0.859. The van der Waals surface area contributed by atoms with Crippen molar-refractivity contribution < 1.29 is 14.3 Å². The lowest BCUT2D eigenvalue weighted by atomic mass is 10.00. The van der Waals surface area contributed by atoms with Crippen LogP contribution in [0.3, 0.4) is 0 Å². The summed E-state index contributed by atoms with van der Waals surface area (Å²) in [5, 5.41) is 0. The van der Waals surface area contributed by atoms with Crippen molar-refractivity contribution in [1.82, 2.24) is 0 Å². The summed E-state index contributed by atoms with van der Waals surface area (Å²) >= 11 is 0. The van der Waals surface area contributed by atoms with Gasteiger partial charge in [0.05, 0.1) is 18.9 Å². The van der Waals surface area contributed by atoms with Gasteiger partial charge < -0.3 is 14.4 Å². The minimum atomic E-state index is 0.00836. The Bertz CT molecular complexity index is 739. The lowest BCUT2D eigenvalue weighted by Crippen LogP contribution is -2.38. The molecular formula is C20H23NO3. The Morgan fingerprint density at radius 1 is 1.12 bits per heavy atom. The van der Waals surface area contributed by atoms with Crippen LogP contribution < -0.4 is 4.90 Å². The van der Waals surface area contributed by atoms with Gasteiger partial charge in [-0.1, -0.05) is 30.3 Å². The number of hydrogen-bond acceptors (Lipinski definition) is 3. The first-order valence-electron chi connectivity index (χ1n) is 8.21. The first kappa shape index (κ1) is 16.7. The number of carbonyl (C=O) groups excluding carboxylic acids is 1. The van der Waals surface area contributed by atoms with Crippen molar-refractivity contribution in [2.24, 2.45) is 0 Å². The first-order valence-corrected chi connectivity index (χ1v) is 8.21. The number of anilines is 1. The molecule has 1 aliphatic rings. The summed E-state index contributed by atoms with van der Waals surface area (Å²) in [6.45, 7) is 5.24. The number of ether oxygens (including phenoxy) is 2. The molecule has 0 saturated carbocycles. The highest BCUT2D eigenvalue weighted by atomic mass is 16.5. The van der Waals surface area contributed by atoms with Gasteiger partial charge in [0.1, 0.15) is 6.61 Å². The van der Waals surface area contributed by atoms with Crippen LogP contribution in [0, 0.1) is 0 Å². The summed E-state index contributed by atoms with van der Waals surface area (Å²) in [5.41, 5.74) is 5.33. The fourth-order valence-corrected chi connectivity index (χ4v) is 3.12. The topological polar surface area (TPSA) is 38.8 Å². The first-order chi connectivity index (χ1) is 11.6. The molecule has 0 N–H and O–H groups in total. The minimum absolute atomic E-state index is 0.00836. The molecule has 0 bridgehead atoms. The average Bonchev–Trinajstić information content (AvgIpc) is 2.72. The summed E-state index contributed by atoms with van der Waals surface area (Å²) in [7, 11) is 1.70. The molecule has 0 spiro atoms. The van der Waals surface area contributed by atoms with Gasteiger partial charge in [-0.05, 0) is 42.7 Å². The molecule has 0 unspecified atom stereocenters. The van der Waals surface area contributed by atoms with Crippen LogP contribution in [0.2, 0.25) is 0 Å². The predicted molar refractivity (Wildman–Crippen MR) is 94.9 cm³/mol. The molecule has 1 aliphatic heterocycles. The van der Waals surface area contributed by atoms with Gasteiger partial charge in [-0.2, -0.15) is 0 Å². The summed E-state index contributed by atoms with van der Waals surface area (Å²) in [4.78, 5) is 14.2. The van der Waals surface area contributed by atoms with E-state index in [1.54, 1.807) is 7.11 Å². The van der Waals surface area contributed by atoms with Gasteiger partial charge in [0, 0.05) is 18.7 Å². The van der Waals surface area contributed by atoms with Crippen LogP contribution in [0.25, 0.3) is 11.1 Å². The normalized spacial score (nSPS) is 14.7. The molecule has 2 aromatic rings. The number of rotatable bonds is 4. The highest BCUT2D eigenvalue weighted by Gasteiger charge is 2.25. The zero-order chi connectivity index (χ0) is 17.1. The molecule has 4 heteroatoms. The van der Waals surface area contributed by atoms with Crippen LogP contribution >= 0.6 is 0 Å². The van der Waals surface area contributed by atoms with Gasteiger partial charge in [0.25, 0.3) is 5.91 Å². The van der Waals surface area contributed by atoms with Crippen molar-refractivity contribution >= 4 is 11.6 Å². The third kappa shape index (κ3) is 3.35. The minimum Gasteiger partial charge on any atom is -0.380 e. The van der Waals surface area contributed by atoms with E-state index in [9.17, 15) is 4.79 Å². The Morgan fingerprint density at radius 3 is 2.67 bits per heavy atom. The Labute approximate surface area is 143 Å². The van der Waals surface area contributed by atoms with Crippen molar-refractivity contribution in [2.45, 2.75) is 33.1 Å². The summed E-state index contributed by atoms with van der Waals surface area (Å²) in [6, 6.07) is 14.6. The van der Waals surface area contributed by atoms with E-state index in [-0.39, 0.29) is 18.6 Å². The lowest BCUT2D eigenvalue weighted by Gasteiger charge is -2.27. The maximum Gasteiger partial charge on any atom is 0.253 e. The van der Waals surface area contributed by atoms with Crippen LogP contribution in [0.5, 0.6) is 0 Å². The highest BCUT2D eigenvalue weighted by molar-refractivity contribution is 5.96. The SMILES string of the molecule is COCc1cccc(-c2ccc3c(c2)N(C(C)C)C(=O)COC3)c1. The maximum absolute atomic E-state index is 12.4. The molecule has 0 saturated heterocycles. The monoisotopic (exact) mass is 325 g/mol. The van der Waals surface area contributed by atoms with E-state index >= 15 is 0 Å². The van der Waals surface area contributed by atoms with Crippen LogP contribution in [0.15, 0.2) is 42.5 Å². The van der Waals surface area contributed by atoms with Gasteiger partial charge in [0.2, 0.25) is 0 Å².